The summed E-state index contributed by atoms with van der Waals surface area (Å²) in [5, 5.41) is 14.9. The van der Waals surface area contributed by atoms with Crippen LogP contribution in [0.4, 0.5) is 11.5 Å². The van der Waals surface area contributed by atoms with Crippen molar-refractivity contribution in [1.29, 1.82) is 5.26 Å². The zero-order valence-electron chi connectivity index (χ0n) is 9.05. The van der Waals surface area contributed by atoms with Gasteiger partial charge < -0.3 is 11.1 Å². The van der Waals surface area contributed by atoms with E-state index in [0.29, 0.717) is 11.5 Å². The third-order valence-electron chi connectivity index (χ3n) is 2.16. The fraction of sp³-hybridized carbons (Fsp3) is 0.182. The Morgan fingerprint density at radius 3 is 3.06 bits per heavy atom. The third kappa shape index (κ3) is 2.92. The highest BCUT2D eigenvalue weighted by Crippen LogP contribution is 2.12. The molecule has 0 aliphatic rings. The lowest BCUT2D eigenvalue weighted by molar-refractivity contribution is 0.986. The van der Waals surface area contributed by atoms with Crippen molar-refractivity contribution < 1.29 is 0 Å². The van der Waals surface area contributed by atoms with Crippen molar-refractivity contribution in [3.63, 3.8) is 0 Å². The van der Waals surface area contributed by atoms with Crippen molar-refractivity contribution in [2.45, 2.75) is 6.42 Å². The Bertz CT molecular complexity index is 529. The maximum Gasteiger partial charge on any atom is 0.165 e. The standard InChI is InChI=1S/C11H11N5S/c12-7-9-8(13)1-2-10(16-9)14-4-3-11-15-5-6-17-11/h1-2,5-6H,3-4,13H2,(H,14,16). The zero-order valence-corrected chi connectivity index (χ0v) is 9.87. The van der Waals surface area contributed by atoms with Crippen LogP contribution < -0.4 is 11.1 Å². The van der Waals surface area contributed by atoms with Gasteiger partial charge in [-0.3, -0.25) is 0 Å². The molecule has 86 valence electrons. The molecule has 17 heavy (non-hydrogen) atoms. The van der Waals surface area contributed by atoms with Crippen LogP contribution in [-0.4, -0.2) is 16.5 Å². The fourth-order valence-electron chi connectivity index (χ4n) is 1.33. The molecule has 0 saturated carbocycles. The molecule has 0 unspecified atom stereocenters. The molecule has 0 spiro atoms. The van der Waals surface area contributed by atoms with Gasteiger partial charge in [0.05, 0.1) is 10.7 Å². The van der Waals surface area contributed by atoms with Crippen LogP contribution in [0.5, 0.6) is 0 Å². The van der Waals surface area contributed by atoms with Crippen LogP contribution in [0.2, 0.25) is 0 Å². The number of nitrogens with one attached hydrogen (secondary N) is 1. The Morgan fingerprint density at radius 2 is 2.35 bits per heavy atom. The van der Waals surface area contributed by atoms with E-state index in [-0.39, 0.29) is 5.69 Å². The molecule has 0 fully saturated rings. The molecule has 5 nitrogen and oxygen atoms in total. The normalized spacial score (nSPS) is 9.82. The van der Waals surface area contributed by atoms with Crippen molar-refractivity contribution in [2.75, 3.05) is 17.6 Å². The second kappa shape index (κ2) is 5.27. The van der Waals surface area contributed by atoms with Gasteiger partial charge in [0.25, 0.3) is 0 Å². The van der Waals surface area contributed by atoms with E-state index in [1.807, 2.05) is 11.4 Å². The number of thiazole rings is 1. The lowest BCUT2D eigenvalue weighted by Gasteiger charge is -2.05. The van der Waals surface area contributed by atoms with Crippen molar-refractivity contribution >= 4 is 22.8 Å². The second-order valence-corrected chi connectivity index (χ2v) is 4.33. The summed E-state index contributed by atoms with van der Waals surface area (Å²) in [5.41, 5.74) is 6.24. The summed E-state index contributed by atoms with van der Waals surface area (Å²) in [4.78, 5) is 8.28. The smallest absolute Gasteiger partial charge is 0.165 e. The van der Waals surface area contributed by atoms with E-state index in [2.05, 4.69) is 15.3 Å². The van der Waals surface area contributed by atoms with Crippen molar-refractivity contribution in [3.8, 4) is 6.07 Å². The molecule has 0 aromatic carbocycles. The maximum absolute atomic E-state index is 8.79. The van der Waals surface area contributed by atoms with Gasteiger partial charge in [0.15, 0.2) is 5.69 Å². The van der Waals surface area contributed by atoms with Crippen LogP contribution in [0.1, 0.15) is 10.7 Å². The van der Waals surface area contributed by atoms with Crippen LogP contribution in [0.15, 0.2) is 23.7 Å². The molecule has 2 heterocycles. The summed E-state index contributed by atoms with van der Waals surface area (Å²) in [6.07, 6.45) is 2.63. The lowest BCUT2D eigenvalue weighted by Crippen LogP contribution is -2.07. The molecule has 0 atom stereocenters. The van der Waals surface area contributed by atoms with Gasteiger partial charge in [0, 0.05) is 24.5 Å². The number of rotatable bonds is 4. The summed E-state index contributed by atoms with van der Waals surface area (Å²) in [6, 6.07) is 5.39. The Balaban J connectivity index is 1.93. The minimum absolute atomic E-state index is 0.254. The fourth-order valence-corrected chi connectivity index (χ4v) is 1.95. The summed E-state index contributed by atoms with van der Waals surface area (Å²) < 4.78 is 0. The Labute approximate surface area is 103 Å². The van der Waals surface area contributed by atoms with Gasteiger partial charge in [-0.15, -0.1) is 11.3 Å². The Morgan fingerprint density at radius 1 is 1.47 bits per heavy atom. The average molecular weight is 245 g/mol. The van der Waals surface area contributed by atoms with E-state index in [9.17, 15) is 0 Å². The first-order valence-corrected chi connectivity index (χ1v) is 5.96. The minimum atomic E-state index is 0.254. The monoisotopic (exact) mass is 245 g/mol. The molecule has 0 radical (unpaired) electrons. The molecule has 2 aromatic heterocycles. The van der Waals surface area contributed by atoms with Gasteiger partial charge >= 0.3 is 0 Å². The average Bonchev–Trinajstić information content (AvgIpc) is 2.84. The highest BCUT2D eigenvalue weighted by molar-refractivity contribution is 7.09. The quantitative estimate of drug-likeness (QED) is 0.855. The number of pyridine rings is 1. The Kier molecular flexibility index (Phi) is 3.52. The number of nitriles is 1. The predicted molar refractivity (Wildman–Crippen MR) is 67.7 cm³/mol. The zero-order chi connectivity index (χ0) is 12.1. The molecule has 0 bridgehead atoms. The van der Waals surface area contributed by atoms with Crippen LogP contribution in [0.3, 0.4) is 0 Å². The molecule has 6 heteroatoms. The van der Waals surface area contributed by atoms with Gasteiger partial charge in [-0.1, -0.05) is 0 Å². The molecule has 0 saturated heterocycles. The summed E-state index contributed by atoms with van der Waals surface area (Å²) in [5.74, 6) is 0.660. The van der Waals surface area contributed by atoms with Gasteiger partial charge in [-0.05, 0) is 12.1 Å². The number of hydrogen-bond donors (Lipinski definition) is 2. The molecule has 0 aliphatic carbocycles. The van der Waals surface area contributed by atoms with E-state index < -0.39 is 0 Å². The van der Waals surface area contributed by atoms with E-state index in [1.54, 1.807) is 29.7 Å². The minimum Gasteiger partial charge on any atom is -0.396 e. The molecular formula is C11H11N5S. The first-order chi connectivity index (χ1) is 8.29. The lowest BCUT2D eigenvalue weighted by atomic mass is 10.3. The largest absolute Gasteiger partial charge is 0.396 e. The highest BCUT2D eigenvalue weighted by atomic mass is 32.1. The molecule has 2 aromatic rings. The first kappa shape index (κ1) is 11.4. The Hall–Kier alpha value is -2.13. The van der Waals surface area contributed by atoms with Crippen molar-refractivity contribution in [3.05, 3.63) is 34.4 Å². The third-order valence-corrected chi connectivity index (χ3v) is 3.00. The predicted octanol–water partition coefficient (Wildman–Crippen LogP) is 1.65. The first-order valence-electron chi connectivity index (χ1n) is 5.08. The molecule has 0 amide bonds. The van der Waals surface area contributed by atoms with Crippen LogP contribution >= 0.6 is 11.3 Å². The summed E-state index contributed by atoms with van der Waals surface area (Å²) in [6.45, 7) is 0.731. The van der Waals surface area contributed by atoms with Gasteiger partial charge in [-0.25, -0.2) is 9.97 Å². The molecular weight excluding hydrogens is 234 g/mol. The molecule has 2 rings (SSSR count). The number of hydrogen-bond acceptors (Lipinski definition) is 6. The molecule has 0 aliphatic heterocycles. The number of nitrogens with zero attached hydrogens (tertiary/aromatic N) is 3. The highest BCUT2D eigenvalue weighted by Gasteiger charge is 2.02. The van der Waals surface area contributed by atoms with Crippen LogP contribution in [0.25, 0.3) is 0 Å². The number of nitrogen functional groups attached to an aromatic ring is 1. The number of aromatic nitrogens is 2. The van der Waals surface area contributed by atoms with Crippen LogP contribution in [-0.2, 0) is 6.42 Å². The van der Waals surface area contributed by atoms with E-state index in [1.165, 1.54) is 0 Å². The van der Waals surface area contributed by atoms with Crippen molar-refractivity contribution in [1.82, 2.24) is 9.97 Å². The number of nitrogens with two attached hydrogens (primary N) is 1. The van der Waals surface area contributed by atoms with E-state index >= 15 is 0 Å². The van der Waals surface area contributed by atoms with Crippen molar-refractivity contribution in [2.24, 2.45) is 0 Å². The molecule has 3 N–H and O–H groups in total. The second-order valence-electron chi connectivity index (χ2n) is 3.35. The van der Waals surface area contributed by atoms with E-state index in [0.717, 1.165) is 18.0 Å². The summed E-state index contributed by atoms with van der Waals surface area (Å²) >= 11 is 1.62. The van der Waals surface area contributed by atoms with Crippen LogP contribution in [0, 0.1) is 11.3 Å². The topological polar surface area (TPSA) is 87.6 Å². The van der Waals surface area contributed by atoms with Gasteiger partial charge in [0.1, 0.15) is 11.9 Å². The van der Waals surface area contributed by atoms with Gasteiger partial charge in [0.2, 0.25) is 0 Å². The van der Waals surface area contributed by atoms with E-state index in [4.69, 9.17) is 11.0 Å². The van der Waals surface area contributed by atoms with Gasteiger partial charge in [-0.2, -0.15) is 5.26 Å². The summed E-state index contributed by atoms with van der Waals surface area (Å²) in [7, 11) is 0. The maximum atomic E-state index is 8.79. The SMILES string of the molecule is N#Cc1nc(NCCc2nccs2)ccc1N. The number of anilines is 2.